The Hall–Kier alpha value is -1.80. The lowest BCUT2D eigenvalue weighted by atomic mass is 9.98. The molecule has 0 unspecified atom stereocenters. The number of benzene rings is 2. The van der Waals surface area contributed by atoms with E-state index in [1.165, 1.54) is 28.7 Å². The Morgan fingerprint density at radius 2 is 1.86 bits per heavy atom. The van der Waals surface area contributed by atoms with Gasteiger partial charge in [-0.3, -0.25) is 0 Å². The van der Waals surface area contributed by atoms with E-state index in [-0.39, 0.29) is 0 Å². The first kappa shape index (κ1) is 14.2. The highest BCUT2D eigenvalue weighted by Gasteiger charge is 2.11. The van der Waals surface area contributed by atoms with Gasteiger partial charge in [-0.2, -0.15) is 0 Å². The van der Waals surface area contributed by atoms with Crippen LogP contribution in [0.15, 0.2) is 42.5 Å². The first-order valence-corrected chi connectivity index (χ1v) is 7.92. The van der Waals surface area contributed by atoms with Crippen LogP contribution in [0.1, 0.15) is 30.9 Å². The molecule has 0 fully saturated rings. The standard InChI is InChI=1S/C19H23NO/c1-2-11-20-14-15-5-7-16(8-6-15)17-9-10-19-18(13-17)4-3-12-21-19/h5-10,13,20H,2-4,11-12,14H2,1H3. The van der Waals surface area contributed by atoms with Gasteiger partial charge < -0.3 is 10.1 Å². The van der Waals surface area contributed by atoms with Gasteiger partial charge in [0.15, 0.2) is 0 Å². The summed E-state index contributed by atoms with van der Waals surface area (Å²) in [6.07, 6.45) is 3.43. The number of hydrogen-bond donors (Lipinski definition) is 1. The van der Waals surface area contributed by atoms with E-state index in [4.69, 9.17) is 4.74 Å². The SMILES string of the molecule is CCCNCc1ccc(-c2ccc3c(c2)CCCO3)cc1. The van der Waals surface area contributed by atoms with Crippen LogP contribution in [0, 0.1) is 0 Å². The Bertz CT molecular complexity index is 589. The third kappa shape index (κ3) is 3.45. The van der Waals surface area contributed by atoms with Crippen LogP contribution in [-0.2, 0) is 13.0 Å². The zero-order chi connectivity index (χ0) is 14.5. The van der Waals surface area contributed by atoms with Gasteiger partial charge in [0.2, 0.25) is 0 Å². The lowest BCUT2D eigenvalue weighted by Crippen LogP contribution is -2.13. The normalized spacial score (nSPS) is 13.6. The Kier molecular flexibility index (Phi) is 4.56. The summed E-state index contributed by atoms with van der Waals surface area (Å²) in [7, 11) is 0. The molecule has 110 valence electrons. The van der Waals surface area contributed by atoms with Crippen molar-refractivity contribution in [3.63, 3.8) is 0 Å². The summed E-state index contributed by atoms with van der Waals surface area (Å²) < 4.78 is 5.68. The molecule has 1 aliphatic heterocycles. The lowest BCUT2D eigenvalue weighted by molar-refractivity contribution is 0.288. The van der Waals surface area contributed by atoms with Crippen LogP contribution < -0.4 is 10.1 Å². The number of fused-ring (bicyclic) bond motifs is 1. The highest BCUT2D eigenvalue weighted by atomic mass is 16.5. The monoisotopic (exact) mass is 281 g/mol. The topological polar surface area (TPSA) is 21.3 Å². The van der Waals surface area contributed by atoms with Gasteiger partial charge in [-0.15, -0.1) is 0 Å². The van der Waals surface area contributed by atoms with Crippen LogP contribution in [-0.4, -0.2) is 13.2 Å². The largest absolute Gasteiger partial charge is 0.493 e. The van der Waals surface area contributed by atoms with Gasteiger partial charge in [0.1, 0.15) is 5.75 Å². The van der Waals surface area contributed by atoms with Gasteiger partial charge in [0, 0.05) is 6.54 Å². The number of aryl methyl sites for hydroxylation is 1. The summed E-state index contributed by atoms with van der Waals surface area (Å²) in [5.41, 5.74) is 5.25. The fourth-order valence-electron chi connectivity index (χ4n) is 2.76. The van der Waals surface area contributed by atoms with Crippen molar-refractivity contribution in [1.82, 2.24) is 5.32 Å². The van der Waals surface area contributed by atoms with Crippen molar-refractivity contribution in [1.29, 1.82) is 0 Å². The van der Waals surface area contributed by atoms with E-state index in [9.17, 15) is 0 Å². The molecule has 0 atom stereocenters. The van der Waals surface area contributed by atoms with E-state index in [1.807, 2.05) is 0 Å². The van der Waals surface area contributed by atoms with Crippen molar-refractivity contribution in [2.24, 2.45) is 0 Å². The molecule has 0 amide bonds. The predicted molar refractivity (Wildman–Crippen MR) is 87.7 cm³/mol. The second kappa shape index (κ2) is 6.77. The fraction of sp³-hybridized carbons (Fsp3) is 0.368. The zero-order valence-corrected chi connectivity index (χ0v) is 12.7. The van der Waals surface area contributed by atoms with Crippen LogP contribution in [0.25, 0.3) is 11.1 Å². The van der Waals surface area contributed by atoms with Gasteiger partial charge >= 0.3 is 0 Å². The molecule has 0 spiro atoms. The first-order chi connectivity index (χ1) is 10.4. The van der Waals surface area contributed by atoms with Crippen molar-refractivity contribution in [3.8, 4) is 16.9 Å². The second-order valence-corrected chi connectivity index (χ2v) is 5.65. The Morgan fingerprint density at radius 3 is 2.67 bits per heavy atom. The third-order valence-corrected chi connectivity index (χ3v) is 3.95. The molecule has 0 aromatic heterocycles. The molecule has 3 rings (SSSR count). The molecule has 1 heterocycles. The molecule has 0 aliphatic carbocycles. The molecule has 1 N–H and O–H groups in total. The van der Waals surface area contributed by atoms with Gasteiger partial charge in [0.05, 0.1) is 6.61 Å². The molecule has 1 aliphatic rings. The van der Waals surface area contributed by atoms with E-state index in [2.05, 4.69) is 54.7 Å². The van der Waals surface area contributed by atoms with Crippen LogP contribution >= 0.6 is 0 Å². The number of ether oxygens (including phenoxy) is 1. The van der Waals surface area contributed by atoms with Crippen molar-refractivity contribution in [2.75, 3.05) is 13.2 Å². The molecular weight excluding hydrogens is 258 g/mol. The first-order valence-electron chi connectivity index (χ1n) is 7.92. The zero-order valence-electron chi connectivity index (χ0n) is 12.7. The van der Waals surface area contributed by atoms with Crippen LogP contribution in [0.5, 0.6) is 5.75 Å². The quantitative estimate of drug-likeness (QED) is 0.830. The van der Waals surface area contributed by atoms with Gasteiger partial charge in [0.25, 0.3) is 0 Å². The summed E-state index contributed by atoms with van der Waals surface area (Å²) >= 11 is 0. The Labute approximate surface area is 127 Å². The van der Waals surface area contributed by atoms with Gasteiger partial charge in [-0.25, -0.2) is 0 Å². The van der Waals surface area contributed by atoms with Crippen LogP contribution in [0.4, 0.5) is 0 Å². The summed E-state index contributed by atoms with van der Waals surface area (Å²) in [4.78, 5) is 0. The number of rotatable bonds is 5. The number of nitrogens with one attached hydrogen (secondary N) is 1. The molecule has 0 saturated carbocycles. The highest BCUT2D eigenvalue weighted by molar-refractivity contribution is 5.66. The minimum Gasteiger partial charge on any atom is -0.493 e. The van der Waals surface area contributed by atoms with Crippen molar-refractivity contribution >= 4 is 0 Å². The maximum atomic E-state index is 5.68. The van der Waals surface area contributed by atoms with Crippen LogP contribution in [0.3, 0.4) is 0 Å². The maximum Gasteiger partial charge on any atom is 0.122 e. The number of hydrogen-bond acceptors (Lipinski definition) is 2. The lowest BCUT2D eigenvalue weighted by Gasteiger charge is -2.18. The summed E-state index contributed by atoms with van der Waals surface area (Å²) in [5.74, 6) is 1.06. The van der Waals surface area contributed by atoms with Crippen molar-refractivity contribution in [3.05, 3.63) is 53.6 Å². The predicted octanol–water partition coefficient (Wildman–Crippen LogP) is 4.18. The maximum absolute atomic E-state index is 5.68. The van der Waals surface area contributed by atoms with Crippen molar-refractivity contribution < 1.29 is 4.74 Å². The molecule has 2 heteroatoms. The molecule has 0 saturated heterocycles. The summed E-state index contributed by atoms with van der Waals surface area (Å²) in [5, 5.41) is 3.43. The van der Waals surface area contributed by atoms with Gasteiger partial charge in [-0.1, -0.05) is 37.3 Å². The Balaban J connectivity index is 1.74. The smallest absolute Gasteiger partial charge is 0.122 e. The van der Waals surface area contributed by atoms with E-state index in [0.717, 1.165) is 38.3 Å². The van der Waals surface area contributed by atoms with E-state index >= 15 is 0 Å². The minimum absolute atomic E-state index is 0.853. The molecule has 0 radical (unpaired) electrons. The fourth-order valence-corrected chi connectivity index (χ4v) is 2.76. The van der Waals surface area contributed by atoms with Crippen LogP contribution in [0.2, 0.25) is 0 Å². The van der Waals surface area contributed by atoms with Gasteiger partial charge in [-0.05, 0) is 60.2 Å². The summed E-state index contributed by atoms with van der Waals surface area (Å²) in [6.45, 7) is 5.07. The molecular formula is C19H23NO. The summed E-state index contributed by atoms with van der Waals surface area (Å²) in [6, 6.07) is 15.4. The molecule has 0 bridgehead atoms. The van der Waals surface area contributed by atoms with E-state index < -0.39 is 0 Å². The molecule has 2 aromatic rings. The molecule has 2 aromatic carbocycles. The Morgan fingerprint density at radius 1 is 1.05 bits per heavy atom. The van der Waals surface area contributed by atoms with E-state index in [1.54, 1.807) is 0 Å². The second-order valence-electron chi connectivity index (χ2n) is 5.65. The van der Waals surface area contributed by atoms with Crippen molar-refractivity contribution in [2.45, 2.75) is 32.7 Å². The average molecular weight is 281 g/mol. The highest BCUT2D eigenvalue weighted by Crippen LogP contribution is 2.30. The third-order valence-electron chi connectivity index (χ3n) is 3.95. The molecule has 2 nitrogen and oxygen atoms in total. The minimum atomic E-state index is 0.853. The average Bonchev–Trinajstić information content (AvgIpc) is 2.55. The van der Waals surface area contributed by atoms with E-state index in [0.29, 0.717) is 0 Å². The molecule has 21 heavy (non-hydrogen) atoms.